The highest BCUT2D eigenvalue weighted by Gasteiger charge is 2.42. The fourth-order valence-electron chi connectivity index (χ4n) is 2.86. The van der Waals surface area contributed by atoms with Crippen molar-refractivity contribution in [3.63, 3.8) is 0 Å². The highest BCUT2D eigenvalue weighted by atomic mass is 19.1. The Kier molecular flexibility index (Phi) is 5.31. The van der Waals surface area contributed by atoms with Gasteiger partial charge in [0.1, 0.15) is 12.0 Å². The molecule has 3 unspecified atom stereocenters. The molecule has 1 aliphatic rings. The third-order valence-electron chi connectivity index (χ3n) is 4.02. The molecule has 5 heteroatoms. The van der Waals surface area contributed by atoms with Crippen molar-refractivity contribution in [2.24, 2.45) is 0 Å². The van der Waals surface area contributed by atoms with Crippen molar-refractivity contribution < 1.29 is 13.9 Å². The summed E-state index contributed by atoms with van der Waals surface area (Å²) >= 11 is 0. The first kappa shape index (κ1) is 15.9. The number of nitrogens with zero attached hydrogens (tertiary/aromatic N) is 1. The highest BCUT2D eigenvalue weighted by molar-refractivity contribution is 5.84. The van der Waals surface area contributed by atoms with Crippen LogP contribution in [0.25, 0.3) is 0 Å². The zero-order chi connectivity index (χ0) is 15.4. The molecule has 1 amide bonds. The molecule has 116 valence electrons. The minimum absolute atomic E-state index is 0.0228. The lowest BCUT2D eigenvalue weighted by Crippen LogP contribution is -2.42. The van der Waals surface area contributed by atoms with Gasteiger partial charge in [-0.15, -0.1) is 0 Å². The van der Waals surface area contributed by atoms with Crippen molar-refractivity contribution in [2.45, 2.75) is 44.9 Å². The van der Waals surface area contributed by atoms with Gasteiger partial charge in [-0.3, -0.25) is 10.1 Å². The largest absolute Gasteiger partial charge is 0.383 e. The fraction of sp³-hybridized carbons (Fsp3) is 0.562. The van der Waals surface area contributed by atoms with Crippen LogP contribution in [-0.2, 0) is 9.53 Å². The molecule has 3 atom stereocenters. The maximum atomic E-state index is 14.1. The van der Waals surface area contributed by atoms with E-state index in [-0.39, 0.29) is 23.8 Å². The van der Waals surface area contributed by atoms with Crippen molar-refractivity contribution in [2.75, 3.05) is 13.7 Å². The van der Waals surface area contributed by atoms with E-state index >= 15 is 0 Å². The van der Waals surface area contributed by atoms with Crippen LogP contribution in [0.5, 0.6) is 0 Å². The lowest BCUT2D eigenvalue weighted by Gasteiger charge is -2.32. The van der Waals surface area contributed by atoms with Crippen molar-refractivity contribution in [1.82, 2.24) is 10.2 Å². The number of nitrogens with one attached hydrogen (secondary N) is 1. The van der Waals surface area contributed by atoms with E-state index in [2.05, 4.69) is 5.32 Å². The lowest BCUT2D eigenvalue weighted by molar-refractivity contribution is -0.133. The van der Waals surface area contributed by atoms with Crippen molar-refractivity contribution >= 4 is 5.91 Å². The van der Waals surface area contributed by atoms with Crippen molar-refractivity contribution in [3.8, 4) is 0 Å². The second-order valence-electron chi connectivity index (χ2n) is 5.31. The minimum Gasteiger partial charge on any atom is -0.383 e. The van der Waals surface area contributed by atoms with E-state index in [1.54, 1.807) is 30.2 Å². The van der Waals surface area contributed by atoms with Gasteiger partial charge in [0.05, 0.1) is 18.7 Å². The molecular formula is C16H23FN2O2. The number of rotatable bonds is 6. The van der Waals surface area contributed by atoms with Gasteiger partial charge in [-0.05, 0) is 18.9 Å². The molecule has 2 rings (SSSR count). The molecule has 1 aromatic rings. The summed E-state index contributed by atoms with van der Waals surface area (Å²) in [5, 5.41) is 3.25. The molecule has 1 fully saturated rings. The number of benzene rings is 1. The molecule has 0 aromatic heterocycles. The molecule has 0 spiro atoms. The standard InChI is InChI=1S/C16H23FN2O2/c1-4-11(10-21-3)19-15(18-14(5-2)16(19)20)12-8-6-7-9-13(12)17/h6-9,11,14-15,18H,4-5,10H2,1-3H3. The summed E-state index contributed by atoms with van der Waals surface area (Å²) in [7, 11) is 1.62. The van der Waals surface area contributed by atoms with E-state index < -0.39 is 6.17 Å². The Bertz CT molecular complexity index is 495. The summed E-state index contributed by atoms with van der Waals surface area (Å²) < 4.78 is 19.3. The lowest BCUT2D eigenvalue weighted by atomic mass is 10.1. The fourth-order valence-corrected chi connectivity index (χ4v) is 2.86. The van der Waals surface area contributed by atoms with Gasteiger partial charge in [-0.25, -0.2) is 4.39 Å². The molecule has 0 radical (unpaired) electrons. The first-order valence-corrected chi connectivity index (χ1v) is 7.45. The normalized spacial score (nSPS) is 23.6. The van der Waals surface area contributed by atoms with E-state index in [1.807, 2.05) is 13.8 Å². The van der Waals surface area contributed by atoms with Gasteiger partial charge in [-0.1, -0.05) is 32.0 Å². The first-order valence-electron chi connectivity index (χ1n) is 7.45. The highest BCUT2D eigenvalue weighted by Crippen LogP contribution is 2.31. The van der Waals surface area contributed by atoms with E-state index in [1.165, 1.54) is 6.07 Å². The summed E-state index contributed by atoms with van der Waals surface area (Å²) in [5.74, 6) is -0.272. The monoisotopic (exact) mass is 294 g/mol. The molecular weight excluding hydrogens is 271 g/mol. The molecule has 0 aliphatic carbocycles. The molecule has 1 heterocycles. The van der Waals surface area contributed by atoms with Gasteiger partial charge < -0.3 is 9.64 Å². The number of halogens is 1. The van der Waals surface area contributed by atoms with E-state index in [4.69, 9.17) is 4.74 Å². The first-order chi connectivity index (χ1) is 10.1. The summed E-state index contributed by atoms with van der Waals surface area (Å²) in [4.78, 5) is 14.3. The average Bonchev–Trinajstić information content (AvgIpc) is 2.82. The third kappa shape index (κ3) is 3.09. The summed E-state index contributed by atoms with van der Waals surface area (Å²) in [6.45, 7) is 4.41. The van der Waals surface area contributed by atoms with Crippen LogP contribution < -0.4 is 5.32 Å². The quantitative estimate of drug-likeness (QED) is 0.876. The van der Waals surface area contributed by atoms with Crippen molar-refractivity contribution in [3.05, 3.63) is 35.6 Å². The number of ether oxygens (including phenoxy) is 1. The van der Waals surface area contributed by atoms with Gasteiger partial charge in [-0.2, -0.15) is 0 Å². The summed E-state index contributed by atoms with van der Waals surface area (Å²) in [6.07, 6.45) is 1.02. The zero-order valence-corrected chi connectivity index (χ0v) is 12.8. The predicted octanol–water partition coefficient (Wildman–Crippen LogP) is 2.46. The summed E-state index contributed by atoms with van der Waals surface area (Å²) in [5.41, 5.74) is 0.511. The molecule has 1 N–H and O–H groups in total. The number of hydrogen-bond acceptors (Lipinski definition) is 3. The summed E-state index contributed by atoms with van der Waals surface area (Å²) in [6, 6.07) is 6.28. The van der Waals surface area contributed by atoms with E-state index in [0.717, 1.165) is 6.42 Å². The molecule has 0 bridgehead atoms. The second kappa shape index (κ2) is 7.00. The van der Waals surface area contributed by atoms with Crippen LogP contribution in [0.3, 0.4) is 0 Å². The second-order valence-corrected chi connectivity index (χ2v) is 5.31. The molecule has 1 saturated heterocycles. The Morgan fingerprint density at radius 3 is 2.67 bits per heavy atom. The predicted molar refractivity (Wildman–Crippen MR) is 79.2 cm³/mol. The maximum absolute atomic E-state index is 14.1. The van der Waals surface area contributed by atoms with Crippen LogP contribution in [0, 0.1) is 5.82 Å². The molecule has 0 saturated carbocycles. The van der Waals surface area contributed by atoms with Crippen LogP contribution in [0.15, 0.2) is 24.3 Å². The zero-order valence-electron chi connectivity index (χ0n) is 12.8. The molecule has 1 aromatic carbocycles. The average molecular weight is 294 g/mol. The molecule has 4 nitrogen and oxygen atoms in total. The smallest absolute Gasteiger partial charge is 0.241 e. The Labute approximate surface area is 125 Å². The van der Waals surface area contributed by atoms with Crippen LogP contribution in [-0.4, -0.2) is 36.6 Å². The number of amides is 1. The van der Waals surface area contributed by atoms with Crippen molar-refractivity contribution in [1.29, 1.82) is 0 Å². The number of carbonyl (C=O) groups excluding carboxylic acids is 1. The van der Waals surface area contributed by atoms with Gasteiger partial charge in [0.2, 0.25) is 5.91 Å². The Morgan fingerprint density at radius 1 is 1.38 bits per heavy atom. The SMILES string of the molecule is CCC1NC(c2ccccc2F)N(C(CC)COC)C1=O. The topological polar surface area (TPSA) is 41.6 Å². The molecule has 1 aliphatic heterocycles. The van der Waals surface area contributed by atoms with Gasteiger partial charge in [0.25, 0.3) is 0 Å². The van der Waals surface area contributed by atoms with Gasteiger partial charge in [0.15, 0.2) is 0 Å². The number of hydrogen-bond donors (Lipinski definition) is 1. The van der Waals surface area contributed by atoms with Crippen LogP contribution >= 0.6 is 0 Å². The Morgan fingerprint density at radius 2 is 2.10 bits per heavy atom. The van der Waals surface area contributed by atoms with Gasteiger partial charge >= 0.3 is 0 Å². The third-order valence-corrected chi connectivity index (χ3v) is 4.02. The Hall–Kier alpha value is -1.46. The maximum Gasteiger partial charge on any atom is 0.241 e. The number of carbonyl (C=O) groups is 1. The molecule has 21 heavy (non-hydrogen) atoms. The van der Waals surface area contributed by atoms with Crippen LogP contribution in [0.4, 0.5) is 4.39 Å². The van der Waals surface area contributed by atoms with Crippen LogP contribution in [0.2, 0.25) is 0 Å². The van der Waals surface area contributed by atoms with E-state index in [9.17, 15) is 9.18 Å². The van der Waals surface area contributed by atoms with Gasteiger partial charge in [0, 0.05) is 12.7 Å². The van der Waals surface area contributed by atoms with Crippen LogP contribution in [0.1, 0.15) is 38.4 Å². The Balaban J connectivity index is 2.37. The van der Waals surface area contributed by atoms with E-state index in [0.29, 0.717) is 18.6 Å². The minimum atomic E-state index is -0.427. The number of methoxy groups -OCH3 is 1.